The smallest absolute Gasteiger partial charge is 0.317 e. The van der Waals surface area contributed by atoms with Gasteiger partial charge >= 0.3 is 6.03 Å². The fraction of sp³-hybridized carbons (Fsp3) is 0.900. The van der Waals surface area contributed by atoms with E-state index in [0.29, 0.717) is 5.92 Å². The molecule has 5 nitrogen and oxygen atoms in total. The van der Waals surface area contributed by atoms with Crippen molar-refractivity contribution in [2.24, 2.45) is 11.7 Å². The Morgan fingerprint density at radius 1 is 1.53 bits per heavy atom. The van der Waals surface area contributed by atoms with Crippen molar-refractivity contribution >= 4 is 6.03 Å². The minimum Gasteiger partial charge on any atom is -0.376 e. The number of urea groups is 1. The molecule has 2 amide bonds. The van der Waals surface area contributed by atoms with Crippen molar-refractivity contribution in [1.29, 1.82) is 0 Å². The van der Waals surface area contributed by atoms with E-state index in [0.717, 1.165) is 32.5 Å². The molecule has 2 saturated heterocycles. The molecule has 15 heavy (non-hydrogen) atoms. The van der Waals surface area contributed by atoms with E-state index in [1.807, 2.05) is 4.90 Å². The first-order valence-electron chi connectivity index (χ1n) is 5.71. The second-order valence-electron chi connectivity index (χ2n) is 4.63. The highest BCUT2D eigenvalue weighted by Gasteiger charge is 2.55. The zero-order chi connectivity index (χ0) is 10.4. The Labute approximate surface area is 88.9 Å². The minimum atomic E-state index is 0.0238. The van der Waals surface area contributed by atoms with Gasteiger partial charge in [0.1, 0.15) is 0 Å². The van der Waals surface area contributed by atoms with Gasteiger partial charge in [-0.3, -0.25) is 0 Å². The van der Waals surface area contributed by atoms with Crippen LogP contribution in [0.3, 0.4) is 0 Å². The standard InChI is InChI=1S/C10H17N3O2/c11-7-6-2-5-15-9(6)8(7)13-4-1-3-12-10(13)14/h6-9H,1-5,11H2,(H,12,14). The van der Waals surface area contributed by atoms with Gasteiger partial charge in [-0.2, -0.15) is 0 Å². The number of nitrogens with one attached hydrogen (secondary N) is 1. The maximum absolute atomic E-state index is 11.7. The number of nitrogens with zero attached hydrogens (tertiary/aromatic N) is 1. The lowest BCUT2D eigenvalue weighted by Crippen LogP contribution is -2.71. The summed E-state index contributed by atoms with van der Waals surface area (Å²) in [4.78, 5) is 13.5. The van der Waals surface area contributed by atoms with Crippen molar-refractivity contribution in [2.75, 3.05) is 19.7 Å². The van der Waals surface area contributed by atoms with Crippen molar-refractivity contribution in [3.05, 3.63) is 0 Å². The third kappa shape index (κ3) is 1.26. The van der Waals surface area contributed by atoms with Gasteiger partial charge in [-0.25, -0.2) is 4.79 Å². The molecule has 3 aliphatic rings. The Morgan fingerprint density at radius 2 is 2.40 bits per heavy atom. The summed E-state index contributed by atoms with van der Waals surface area (Å²) in [7, 11) is 0. The molecule has 4 atom stereocenters. The van der Waals surface area contributed by atoms with Crippen LogP contribution in [0, 0.1) is 5.92 Å². The Balaban J connectivity index is 1.73. The van der Waals surface area contributed by atoms with Gasteiger partial charge in [0, 0.05) is 31.7 Å². The zero-order valence-electron chi connectivity index (χ0n) is 8.69. The molecule has 2 heterocycles. The number of carbonyl (C=O) groups is 1. The SMILES string of the molecule is NC1C2CCOC2C1N1CCCNC1=O. The van der Waals surface area contributed by atoms with E-state index in [9.17, 15) is 4.79 Å². The number of amides is 2. The van der Waals surface area contributed by atoms with Crippen LogP contribution >= 0.6 is 0 Å². The monoisotopic (exact) mass is 211 g/mol. The molecule has 5 heteroatoms. The summed E-state index contributed by atoms with van der Waals surface area (Å²) in [5.74, 6) is 0.477. The quantitative estimate of drug-likeness (QED) is 0.615. The number of ether oxygens (including phenoxy) is 1. The van der Waals surface area contributed by atoms with E-state index in [1.165, 1.54) is 0 Å². The molecule has 0 radical (unpaired) electrons. The summed E-state index contributed by atoms with van der Waals surface area (Å²) in [5, 5.41) is 2.86. The van der Waals surface area contributed by atoms with E-state index in [-0.39, 0.29) is 24.2 Å². The minimum absolute atomic E-state index is 0.0238. The average Bonchev–Trinajstić information content (AvgIpc) is 2.65. The summed E-state index contributed by atoms with van der Waals surface area (Å²) in [6.45, 7) is 2.40. The summed E-state index contributed by atoms with van der Waals surface area (Å²) < 4.78 is 5.63. The number of fused-ring (bicyclic) bond motifs is 1. The highest BCUT2D eigenvalue weighted by atomic mass is 16.5. The number of nitrogens with two attached hydrogens (primary N) is 1. The second kappa shape index (κ2) is 3.35. The molecule has 2 aliphatic heterocycles. The first kappa shape index (κ1) is 9.42. The summed E-state index contributed by atoms with van der Waals surface area (Å²) in [6.07, 6.45) is 2.26. The van der Waals surface area contributed by atoms with Gasteiger partial charge in [-0.05, 0) is 12.8 Å². The van der Waals surface area contributed by atoms with Gasteiger partial charge < -0.3 is 20.7 Å². The van der Waals surface area contributed by atoms with Crippen LogP contribution < -0.4 is 11.1 Å². The maximum Gasteiger partial charge on any atom is 0.317 e. The van der Waals surface area contributed by atoms with Gasteiger partial charge in [0.15, 0.2) is 0 Å². The molecule has 84 valence electrons. The number of rotatable bonds is 1. The van der Waals surface area contributed by atoms with Crippen LogP contribution in [0.4, 0.5) is 4.79 Å². The van der Waals surface area contributed by atoms with E-state index in [1.54, 1.807) is 0 Å². The lowest BCUT2D eigenvalue weighted by Gasteiger charge is -2.51. The molecule has 0 aromatic heterocycles. The highest BCUT2D eigenvalue weighted by molar-refractivity contribution is 5.75. The predicted molar refractivity (Wildman–Crippen MR) is 54.3 cm³/mol. The molecular formula is C10H17N3O2. The molecule has 4 unspecified atom stereocenters. The van der Waals surface area contributed by atoms with E-state index in [2.05, 4.69) is 5.32 Å². The van der Waals surface area contributed by atoms with Gasteiger partial charge in [-0.15, -0.1) is 0 Å². The third-order valence-electron chi connectivity index (χ3n) is 3.88. The van der Waals surface area contributed by atoms with Crippen LogP contribution in [-0.4, -0.2) is 48.8 Å². The van der Waals surface area contributed by atoms with Crippen molar-refractivity contribution in [3.8, 4) is 0 Å². The average molecular weight is 211 g/mol. The van der Waals surface area contributed by atoms with Crippen LogP contribution in [0.25, 0.3) is 0 Å². The largest absolute Gasteiger partial charge is 0.376 e. The molecule has 3 N–H and O–H groups in total. The van der Waals surface area contributed by atoms with Crippen LogP contribution in [0.15, 0.2) is 0 Å². The van der Waals surface area contributed by atoms with E-state index < -0.39 is 0 Å². The molecule has 0 aromatic carbocycles. The Hall–Kier alpha value is -0.810. The second-order valence-corrected chi connectivity index (χ2v) is 4.63. The Bertz CT molecular complexity index is 284. The van der Waals surface area contributed by atoms with E-state index in [4.69, 9.17) is 10.5 Å². The predicted octanol–water partition coefficient (Wildman–Crippen LogP) is -0.484. The first-order chi connectivity index (χ1) is 7.29. The van der Waals surface area contributed by atoms with Gasteiger partial charge in [0.2, 0.25) is 0 Å². The van der Waals surface area contributed by atoms with E-state index >= 15 is 0 Å². The van der Waals surface area contributed by atoms with Gasteiger partial charge in [-0.1, -0.05) is 0 Å². The zero-order valence-corrected chi connectivity index (χ0v) is 8.69. The summed E-state index contributed by atoms with van der Waals surface area (Å²) in [5.41, 5.74) is 6.10. The number of carbonyl (C=O) groups excluding carboxylic acids is 1. The fourth-order valence-electron chi connectivity index (χ4n) is 3.04. The molecule has 0 bridgehead atoms. The van der Waals surface area contributed by atoms with Crippen LogP contribution in [0.2, 0.25) is 0 Å². The van der Waals surface area contributed by atoms with Crippen LogP contribution in [0.1, 0.15) is 12.8 Å². The van der Waals surface area contributed by atoms with Crippen molar-refractivity contribution in [1.82, 2.24) is 10.2 Å². The summed E-state index contributed by atoms with van der Waals surface area (Å²) in [6, 6.07) is 0.245. The summed E-state index contributed by atoms with van der Waals surface area (Å²) >= 11 is 0. The normalized spacial score (nSPS) is 44.6. The number of hydrogen-bond donors (Lipinski definition) is 2. The van der Waals surface area contributed by atoms with Crippen molar-refractivity contribution < 1.29 is 9.53 Å². The molecule has 0 spiro atoms. The maximum atomic E-state index is 11.7. The highest BCUT2D eigenvalue weighted by Crippen LogP contribution is 2.40. The van der Waals surface area contributed by atoms with Crippen LogP contribution in [-0.2, 0) is 4.74 Å². The van der Waals surface area contributed by atoms with Gasteiger partial charge in [0.25, 0.3) is 0 Å². The fourth-order valence-corrected chi connectivity index (χ4v) is 3.04. The molecule has 0 aromatic rings. The molecule has 1 aliphatic carbocycles. The number of hydrogen-bond acceptors (Lipinski definition) is 3. The molecule has 1 saturated carbocycles. The van der Waals surface area contributed by atoms with Crippen molar-refractivity contribution in [2.45, 2.75) is 31.0 Å². The lowest BCUT2D eigenvalue weighted by atomic mass is 9.71. The molecular weight excluding hydrogens is 194 g/mol. The first-order valence-corrected chi connectivity index (χ1v) is 5.71. The Kier molecular flexibility index (Phi) is 2.10. The molecule has 3 rings (SSSR count). The van der Waals surface area contributed by atoms with Gasteiger partial charge in [0.05, 0.1) is 12.1 Å². The Morgan fingerprint density at radius 3 is 3.20 bits per heavy atom. The van der Waals surface area contributed by atoms with Crippen LogP contribution in [0.5, 0.6) is 0 Å². The molecule has 3 fully saturated rings. The third-order valence-corrected chi connectivity index (χ3v) is 3.88. The van der Waals surface area contributed by atoms with Crippen molar-refractivity contribution in [3.63, 3.8) is 0 Å². The topological polar surface area (TPSA) is 67.6 Å². The lowest BCUT2D eigenvalue weighted by molar-refractivity contribution is -0.0611.